The monoisotopic (exact) mass is 249 g/mol. The highest BCUT2D eigenvalue weighted by atomic mass is 16.5. The first-order valence-corrected chi connectivity index (χ1v) is 6.16. The number of hydrogen-bond donors (Lipinski definition) is 2. The van der Waals surface area contributed by atoms with Gasteiger partial charge in [0, 0.05) is 31.4 Å². The number of amides is 1. The smallest absolute Gasteiger partial charge is 0.257 e. The summed E-state index contributed by atoms with van der Waals surface area (Å²) in [5.41, 5.74) is 6.87. The number of rotatable bonds is 2. The van der Waals surface area contributed by atoms with Gasteiger partial charge in [0.1, 0.15) is 5.75 Å². The van der Waals surface area contributed by atoms with Gasteiger partial charge >= 0.3 is 0 Å². The molecule has 0 saturated carbocycles. The second-order valence-corrected chi connectivity index (χ2v) is 4.36. The van der Waals surface area contributed by atoms with Crippen molar-refractivity contribution in [2.75, 3.05) is 39.0 Å². The van der Waals surface area contributed by atoms with Crippen LogP contribution >= 0.6 is 0 Å². The van der Waals surface area contributed by atoms with E-state index in [0.717, 1.165) is 32.6 Å². The van der Waals surface area contributed by atoms with E-state index in [-0.39, 0.29) is 5.91 Å². The topological polar surface area (TPSA) is 67.6 Å². The van der Waals surface area contributed by atoms with Crippen LogP contribution in [0.5, 0.6) is 5.75 Å². The predicted molar refractivity (Wildman–Crippen MR) is 70.8 cm³/mol. The van der Waals surface area contributed by atoms with Crippen LogP contribution in [0, 0.1) is 0 Å². The van der Waals surface area contributed by atoms with Gasteiger partial charge in [0.15, 0.2) is 0 Å². The lowest BCUT2D eigenvalue weighted by Gasteiger charge is -2.21. The van der Waals surface area contributed by atoms with E-state index >= 15 is 0 Å². The number of carbonyl (C=O) groups is 1. The van der Waals surface area contributed by atoms with Crippen LogP contribution < -0.4 is 15.8 Å². The SMILES string of the molecule is COc1cc(N)ccc1C(=O)N1CCCNCC1. The Morgan fingerprint density at radius 2 is 2.22 bits per heavy atom. The molecule has 0 bridgehead atoms. The molecule has 0 aromatic heterocycles. The molecule has 98 valence electrons. The van der Waals surface area contributed by atoms with Crippen LogP contribution in [0.2, 0.25) is 0 Å². The van der Waals surface area contributed by atoms with Crippen molar-refractivity contribution < 1.29 is 9.53 Å². The third-order valence-electron chi connectivity index (χ3n) is 3.08. The molecule has 0 atom stereocenters. The van der Waals surface area contributed by atoms with Crippen molar-refractivity contribution in [2.24, 2.45) is 0 Å². The minimum absolute atomic E-state index is 0.00977. The average Bonchev–Trinajstić information content (AvgIpc) is 2.66. The van der Waals surface area contributed by atoms with Gasteiger partial charge in [-0.05, 0) is 25.1 Å². The molecule has 1 saturated heterocycles. The molecule has 1 aliphatic rings. The lowest BCUT2D eigenvalue weighted by molar-refractivity contribution is 0.0763. The zero-order valence-corrected chi connectivity index (χ0v) is 10.6. The van der Waals surface area contributed by atoms with Gasteiger partial charge in [-0.25, -0.2) is 0 Å². The molecular weight excluding hydrogens is 230 g/mol. The molecule has 0 spiro atoms. The molecule has 5 nitrogen and oxygen atoms in total. The van der Waals surface area contributed by atoms with Crippen LogP contribution in [0.15, 0.2) is 18.2 Å². The largest absolute Gasteiger partial charge is 0.496 e. The Labute approximate surface area is 107 Å². The number of ether oxygens (including phenoxy) is 1. The summed E-state index contributed by atoms with van der Waals surface area (Å²) in [6.07, 6.45) is 0.975. The lowest BCUT2D eigenvalue weighted by atomic mass is 10.1. The van der Waals surface area contributed by atoms with Crippen LogP contribution in [-0.4, -0.2) is 44.1 Å². The molecule has 1 aromatic rings. The first-order valence-electron chi connectivity index (χ1n) is 6.16. The van der Waals surface area contributed by atoms with Gasteiger partial charge in [0.05, 0.1) is 12.7 Å². The first-order chi connectivity index (χ1) is 8.72. The fraction of sp³-hybridized carbons (Fsp3) is 0.462. The van der Waals surface area contributed by atoms with Gasteiger partial charge in [0.2, 0.25) is 0 Å². The second kappa shape index (κ2) is 5.73. The van der Waals surface area contributed by atoms with E-state index in [0.29, 0.717) is 17.0 Å². The predicted octanol–water partition coefficient (Wildman–Crippen LogP) is 0.713. The molecule has 0 aliphatic carbocycles. The van der Waals surface area contributed by atoms with Crippen molar-refractivity contribution in [1.82, 2.24) is 10.2 Å². The van der Waals surface area contributed by atoms with Gasteiger partial charge < -0.3 is 20.7 Å². The van der Waals surface area contributed by atoms with E-state index in [2.05, 4.69) is 5.32 Å². The van der Waals surface area contributed by atoms with E-state index in [1.807, 2.05) is 4.90 Å². The summed E-state index contributed by atoms with van der Waals surface area (Å²) in [5.74, 6) is 0.549. The van der Waals surface area contributed by atoms with E-state index in [4.69, 9.17) is 10.5 Å². The van der Waals surface area contributed by atoms with Crippen LogP contribution in [0.25, 0.3) is 0 Å². The van der Waals surface area contributed by atoms with Gasteiger partial charge in [0.25, 0.3) is 5.91 Å². The Bertz CT molecular complexity index is 426. The van der Waals surface area contributed by atoms with Crippen molar-refractivity contribution in [3.8, 4) is 5.75 Å². The van der Waals surface area contributed by atoms with E-state index in [1.165, 1.54) is 0 Å². The molecule has 3 N–H and O–H groups in total. The maximum atomic E-state index is 12.4. The fourth-order valence-corrected chi connectivity index (χ4v) is 2.10. The number of benzene rings is 1. The summed E-state index contributed by atoms with van der Waals surface area (Å²) >= 11 is 0. The normalized spacial score (nSPS) is 16.2. The maximum absolute atomic E-state index is 12.4. The van der Waals surface area contributed by atoms with Crippen molar-refractivity contribution >= 4 is 11.6 Å². The average molecular weight is 249 g/mol. The second-order valence-electron chi connectivity index (χ2n) is 4.36. The summed E-state index contributed by atoms with van der Waals surface area (Å²) in [7, 11) is 1.55. The highest BCUT2D eigenvalue weighted by Gasteiger charge is 2.20. The van der Waals surface area contributed by atoms with Crippen LogP contribution in [-0.2, 0) is 0 Å². The highest BCUT2D eigenvalue weighted by Crippen LogP contribution is 2.23. The molecule has 1 fully saturated rings. The molecule has 2 rings (SSSR count). The summed E-state index contributed by atoms with van der Waals surface area (Å²) in [6.45, 7) is 3.30. The van der Waals surface area contributed by atoms with E-state index in [9.17, 15) is 4.79 Å². The Hall–Kier alpha value is -1.75. The van der Waals surface area contributed by atoms with E-state index in [1.54, 1.807) is 25.3 Å². The third-order valence-corrected chi connectivity index (χ3v) is 3.08. The van der Waals surface area contributed by atoms with Crippen molar-refractivity contribution in [3.05, 3.63) is 23.8 Å². The standard InChI is InChI=1S/C13H19N3O2/c1-18-12-9-10(14)3-4-11(12)13(17)16-7-2-5-15-6-8-16/h3-4,9,15H,2,5-8,14H2,1H3. The minimum atomic E-state index is 0.00977. The van der Waals surface area contributed by atoms with Crippen molar-refractivity contribution in [2.45, 2.75) is 6.42 Å². The van der Waals surface area contributed by atoms with Crippen LogP contribution in [0.3, 0.4) is 0 Å². The number of carbonyl (C=O) groups excluding carboxylic acids is 1. The summed E-state index contributed by atoms with van der Waals surface area (Å²) in [4.78, 5) is 14.3. The highest BCUT2D eigenvalue weighted by molar-refractivity contribution is 5.97. The van der Waals surface area contributed by atoms with Crippen LogP contribution in [0.4, 0.5) is 5.69 Å². The molecule has 18 heavy (non-hydrogen) atoms. The molecule has 1 aromatic carbocycles. The fourth-order valence-electron chi connectivity index (χ4n) is 2.10. The molecule has 1 amide bonds. The first kappa shape index (κ1) is 12.7. The minimum Gasteiger partial charge on any atom is -0.496 e. The molecule has 1 heterocycles. The maximum Gasteiger partial charge on any atom is 0.257 e. The Kier molecular flexibility index (Phi) is 4.04. The molecule has 0 radical (unpaired) electrons. The number of nitrogen functional groups attached to an aromatic ring is 1. The number of nitrogens with zero attached hydrogens (tertiary/aromatic N) is 1. The number of anilines is 1. The van der Waals surface area contributed by atoms with Gasteiger partial charge in [-0.2, -0.15) is 0 Å². The van der Waals surface area contributed by atoms with Gasteiger partial charge in [-0.3, -0.25) is 4.79 Å². The number of hydrogen-bond acceptors (Lipinski definition) is 4. The van der Waals surface area contributed by atoms with Crippen molar-refractivity contribution in [1.29, 1.82) is 0 Å². The summed E-state index contributed by atoms with van der Waals surface area (Å²) in [5, 5.41) is 3.28. The molecule has 1 aliphatic heterocycles. The molecule has 5 heteroatoms. The van der Waals surface area contributed by atoms with Gasteiger partial charge in [-0.1, -0.05) is 0 Å². The lowest BCUT2D eigenvalue weighted by Crippen LogP contribution is -2.34. The Morgan fingerprint density at radius 3 is 3.00 bits per heavy atom. The van der Waals surface area contributed by atoms with Crippen LogP contribution in [0.1, 0.15) is 16.8 Å². The zero-order chi connectivity index (χ0) is 13.0. The zero-order valence-electron chi connectivity index (χ0n) is 10.6. The Morgan fingerprint density at radius 1 is 1.39 bits per heavy atom. The van der Waals surface area contributed by atoms with E-state index < -0.39 is 0 Å². The van der Waals surface area contributed by atoms with Gasteiger partial charge in [-0.15, -0.1) is 0 Å². The number of nitrogens with one attached hydrogen (secondary N) is 1. The summed E-state index contributed by atoms with van der Waals surface area (Å²) < 4.78 is 5.23. The molecular formula is C13H19N3O2. The van der Waals surface area contributed by atoms with Crippen molar-refractivity contribution in [3.63, 3.8) is 0 Å². The summed E-state index contributed by atoms with van der Waals surface area (Å²) in [6, 6.07) is 5.14. The quantitative estimate of drug-likeness (QED) is 0.758. The third kappa shape index (κ3) is 2.73. The number of methoxy groups -OCH3 is 1. The molecule has 0 unspecified atom stereocenters. The Balaban J connectivity index is 2.21. The number of nitrogens with two attached hydrogens (primary N) is 1.